The smallest absolute Gasteiger partial charge is 0.309 e. The topological polar surface area (TPSA) is 63.6 Å². The van der Waals surface area contributed by atoms with Gasteiger partial charge in [-0.25, -0.2) is 0 Å². The van der Waals surface area contributed by atoms with Gasteiger partial charge < -0.3 is 9.84 Å². The summed E-state index contributed by atoms with van der Waals surface area (Å²) in [6.45, 7) is 11.9. The lowest BCUT2D eigenvalue weighted by atomic mass is 9.56. The van der Waals surface area contributed by atoms with Crippen LogP contribution in [0.15, 0.2) is 0 Å². The molecule has 2 rings (SSSR count). The van der Waals surface area contributed by atoms with Gasteiger partial charge in [0.15, 0.2) is 0 Å². The third-order valence-electron chi connectivity index (χ3n) is 8.92. The fourth-order valence-corrected chi connectivity index (χ4v) is 6.63. The van der Waals surface area contributed by atoms with Gasteiger partial charge in [0.05, 0.1) is 18.4 Å². The minimum absolute atomic E-state index is 0.149. The Balaban J connectivity index is 2.00. The van der Waals surface area contributed by atoms with Gasteiger partial charge in [-0.3, -0.25) is 9.59 Å². The molecule has 4 heteroatoms. The molecule has 32 heavy (non-hydrogen) atoms. The summed E-state index contributed by atoms with van der Waals surface area (Å²) in [5.74, 6) is 0.0284. The number of hydrogen-bond donors (Lipinski definition) is 1. The number of carbonyl (C=O) groups is 2. The van der Waals surface area contributed by atoms with Gasteiger partial charge in [0.1, 0.15) is 0 Å². The molecule has 6 unspecified atom stereocenters. The fourth-order valence-electron chi connectivity index (χ4n) is 6.63. The van der Waals surface area contributed by atoms with Gasteiger partial charge >= 0.3 is 11.9 Å². The molecule has 186 valence electrons. The maximum Gasteiger partial charge on any atom is 0.309 e. The van der Waals surface area contributed by atoms with Crippen molar-refractivity contribution in [3.63, 3.8) is 0 Å². The molecule has 4 nitrogen and oxygen atoms in total. The monoisotopic (exact) mass is 450 g/mol. The summed E-state index contributed by atoms with van der Waals surface area (Å²) >= 11 is 0. The van der Waals surface area contributed by atoms with Crippen molar-refractivity contribution in [1.29, 1.82) is 0 Å². The van der Waals surface area contributed by atoms with E-state index >= 15 is 0 Å². The summed E-state index contributed by atoms with van der Waals surface area (Å²) in [4.78, 5) is 24.6. The quantitative estimate of drug-likeness (QED) is 0.247. The van der Waals surface area contributed by atoms with Gasteiger partial charge in [-0.05, 0) is 67.6 Å². The zero-order valence-electron chi connectivity index (χ0n) is 21.5. The molecule has 0 aliphatic heterocycles. The van der Waals surface area contributed by atoms with Crippen LogP contribution in [0.1, 0.15) is 118 Å². The lowest BCUT2D eigenvalue weighted by molar-refractivity contribution is -0.163. The summed E-state index contributed by atoms with van der Waals surface area (Å²) in [5, 5.41) is 9.62. The summed E-state index contributed by atoms with van der Waals surface area (Å²) in [7, 11) is 0. The van der Waals surface area contributed by atoms with Crippen LogP contribution >= 0.6 is 0 Å². The average molecular weight is 451 g/mol. The van der Waals surface area contributed by atoms with Crippen LogP contribution in [-0.4, -0.2) is 23.7 Å². The van der Waals surface area contributed by atoms with E-state index in [4.69, 9.17) is 4.74 Å². The predicted octanol–water partition coefficient (Wildman–Crippen LogP) is 7.50. The number of rotatable bonds is 12. The zero-order chi connectivity index (χ0) is 23.7. The number of ether oxygens (including phenoxy) is 1. The lowest BCUT2D eigenvalue weighted by Crippen LogP contribution is -2.44. The van der Waals surface area contributed by atoms with Crippen molar-refractivity contribution in [3.05, 3.63) is 0 Å². The minimum atomic E-state index is -0.845. The van der Waals surface area contributed by atoms with E-state index in [0.717, 1.165) is 18.8 Å². The SMILES string of the molecule is CCCCCCC1C(CCCC)CCC(COC(=O)C2CCC(C)CC2C(=O)O)C1(C)C. The van der Waals surface area contributed by atoms with Crippen LogP contribution in [0.2, 0.25) is 0 Å². The first-order valence-electron chi connectivity index (χ1n) is 13.6. The van der Waals surface area contributed by atoms with Crippen molar-refractivity contribution in [2.45, 2.75) is 118 Å². The first-order valence-corrected chi connectivity index (χ1v) is 13.6. The number of carbonyl (C=O) groups excluding carboxylic acids is 1. The highest BCUT2D eigenvalue weighted by molar-refractivity contribution is 5.81. The van der Waals surface area contributed by atoms with E-state index in [-0.39, 0.29) is 11.4 Å². The third-order valence-corrected chi connectivity index (χ3v) is 8.92. The normalized spacial score (nSPS) is 32.4. The van der Waals surface area contributed by atoms with Gasteiger partial charge in [-0.15, -0.1) is 0 Å². The van der Waals surface area contributed by atoms with E-state index in [2.05, 4.69) is 34.6 Å². The molecule has 0 amide bonds. The van der Waals surface area contributed by atoms with E-state index in [0.29, 0.717) is 37.2 Å². The number of carboxylic acid groups (broad SMARTS) is 1. The molecule has 2 saturated carbocycles. The summed E-state index contributed by atoms with van der Waals surface area (Å²) in [5.41, 5.74) is 0.149. The molecule has 2 fully saturated rings. The molecule has 0 radical (unpaired) electrons. The fraction of sp³-hybridized carbons (Fsp3) is 0.929. The molecule has 0 aromatic rings. The van der Waals surface area contributed by atoms with Crippen LogP contribution in [0.4, 0.5) is 0 Å². The largest absolute Gasteiger partial charge is 0.481 e. The van der Waals surface area contributed by atoms with E-state index in [1.165, 1.54) is 57.8 Å². The number of carboxylic acids is 1. The molecule has 0 bridgehead atoms. The highest BCUT2D eigenvalue weighted by Gasteiger charge is 2.45. The second kappa shape index (κ2) is 13.0. The van der Waals surface area contributed by atoms with E-state index in [9.17, 15) is 14.7 Å². The summed E-state index contributed by atoms with van der Waals surface area (Å²) in [6.07, 6.45) is 14.9. The molecular weight excluding hydrogens is 400 g/mol. The lowest BCUT2D eigenvalue weighted by Gasteiger charge is -2.50. The highest BCUT2D eigenvalue weighted by atomic mass is 16.5. The van der Waals surface area contributed by atoms with Crippen molar-refractivity contribution in [2.24, 2.45) is 40.9 Å². The molecule has 0 spiro atoms. The van der Waals surface area contributed by atoms with Gasteiger partial charge in [0, 0.05) is 0 Å². The Morgan fingerprint density at radius 3 is 2.28 bits per heavy atom. The van der Waals surface area contributed by atoms with E-state index < -0.39 is 17.8 Å². The number of unbranched alkanes of at least 4 members (excludes halogenated alkanes) is 4. The van der Waals surface area contributed by atoms with Crippen LogP contribution < -0.4 is 0 Å². The first-order chi connectivity index (χ1) is 15.2. The highest BCUT2D eigenvalue weighted by Crippen LogP contribution is 2.51. The Labute approximate surface area is 197 Å². The molecule has 2 aliphatic rings. The molecule has 0 aromatic heterocycles. The van der Waals surface area contributed by atoms with Crippen molar-refractivity contribution in [3.8, 4) is 0 Å². The molecular formula is C28H50O4. The summed E-state index contributed by atoms with van der Waals surface area (Å²) < 4.78 is 5.88. The van der Waals surface area contributed by atoms with Gasteiger partial charge in [0.2, 0.25) is 0 Å². The zero-order valence-corrected chi connectivity index (χ0v) is 21.5. The second-order valence-corrected chi connectivity index (χ2v) is 11.6. The molecule has 0 aromatic carbocycles. The van der Waals surface area contributed by atoms with Crippen LogP contribution in [0.3, 0.4) is 0 Å². The van der Waals surface area contributed by atoms with Gasteiger partial charge in [-0.2, -0.15) is 0 Å². The molecule has 0 saturated heterocycles. The number of hydrogen-bond acceptors (Lipinski definition) is 3. The van der Waals surface area contributed by atoms with Crippen LogP contribution in [0.5, 0.6) is 0 Å². The van der Waals surface area contributed by atoms with Gasteiger partial charge in [-0.1, -0.05) is 79.6 Å². The molecule has 0 heterocycles. The Morgan fingerprint density at radius 1 is 0.906 bits per heavy atom. The van der Waals surface area contributed by atoms with Crippen molar-refractivity contribution < 1.29 is 19.4 Å². The predicted molar refractivity (Wildman–Crippen MR) is 130 cm³/mol. The van der Waals surface area contributed by atoms with E-state index in [1.54, 1.807) is 0 Å². The number of esters is 1. The van der Waals surface area contributed by atoms with Crippen LogP contribution in [0, 0.1) is 40.9 Å². The Kier molecular flexibility index (Phi) is 11.0. The van der Waals surface area contributed by atoms with Gasteiger partial charge in [0.25, 0.3) is 0 Å². The van der Waals surface area contributed by atoms with Crippen molar-refractivity contribution >= 4 is 11.9 Å². The molecule has 1 N–H and O–H groups in total. The minimum Gasteiger partial charge on any atom is -0.481 e. The number of aliphatic carboxylic acids is 1. The van der Waals surface area contributed by atoms with Crippen molar-refractivity contribution in [2.75, 3.05) is 6.61 Å². The standard InChI is InChI=1S/C28H50O4/c1-6-8-10-11-13-25-21(12-9-7-2)15-16-22(28(25,4)5)19-32-27(31)23-17-14-20(3)18-24(23)26(29)30/h20-25H,6-19H2,1-5H3,(H,29,30). The van der Waals surface area contributed by atoms with Crippen LogP contribution in [-0.2, 0) is 14.3 Å². The first kappa shape index (κ1) is 27.2. The maximum absolute atomic E-state index is 12.9. The van der Waals surface area contributed by atoms with E-state index in [1.807, 2.05) is 0 Å². The Bertz CT molecular complexity index is 584. The molecule has 6 atom stereocenters. The third kappa shape index (κ3) is 7.22. The van der Waals surface area contributed by atoms with Crippen molar-refractivity contribution in [1.82, 2.24) is 0 Å². The Morgan fingerprint density at radius 2 is 1.62 bits per heavy atom. The summed E-state index contributed by atoms with van der Waals surface area (Å²) in [6, 6.07) is 0. The molecule has 2 aliphatic carbocycles. The maximum atomic E-state index is 12.9. The van der Waals surface area contributed by atoms with Crippen LogP contribution in [0.25, 0.3) is 0 Å². The average Bonchev–Trinajstić information content (AvgIpc) is 2.75. The Hall–Kier alpha value is -1.06. The second-order valence-electron chi connectivity index (χ2n) is 11.6.